The van der Waals surface area contributed by atoms with Gasteiger partial charge in [-0.25, -0.2) is 0 Å². The first-order chi connectivity index (χ1) is 9.15. The van der Waals surface area contributed by atoms with Crippen molar-refractivity contribution in [2.75, 3.05) is 25.1 Å². The molecule has 1 unspecified atom stereocenters. The SMILES string of the molecule is CS(=O)CCCNC(=O)c1ccncc1C#CCN. The van der Waals surface area contributed by atoms with Crippen LogP contribution in [0.5, 0.6) is 0 Å². The van der Waals surface area contributed by atoms with Crippen LogP contribution < -0.4 is 11.1 Å². The van der Waals surface area contributed by atoms with Crippen molar-refractivity contribution in [3.63, 3.8) is 0 Å². The molecule has 0 bridgehead atoms. The van der Waals surface area contributed by atoms with Crippen molar-refractivity contribution >= 4 is 16.7 Å². The van der Waals surface area contributed by atoms with Crippen LogP contribution >= 0.6 is 0 Å². The van der Waals surface area contributed by atoms with Crippen LogP contribution in [0.15, 0.2) is 18.5 Å². The quantitative estimate of drug-likeness (QED) is 0.582. The molecule has 1 heterocycles. The third-order valence-corrected chi connectivity index (χ3v) is 3.15. The van der Waals surface area contributed by atoms with Crippen molar-refractivity contribution in [3.05, 3.63) is 29.6 Å². The van der Waals surface area contributed by atoms with Gasteiger partial charge in [0, 0.05) is 41.7 Å². The molecule has 0 saturated carbocycles. The first-order valence-corrected chi connectivity index (χ1v) is 7.59. The lowest BCUT2D eigenvalue weighted by Gasteiger charge is -2.06. The van der Waals surface area contributed by atoms with Crippen molar-refractivity contribution in [3.8, 4) is 11.8 Å². The van der Waals surface area contributed by atoms with E-state index in [1.807, 2.05) is 0 Å². The van der Waals surface area contributed by atoms with Gasteiger partial charge in [0.2, 0.25) is 0 Å². The Kier molecular flexibility index (Phi) is 6.79. The molecule has 1 amide bonds. The molecule has 0 fully saturated rings. The summed E-state index contributed by atoms with van der Waals surface area (Å²) in [4.78, 5) is 15.9. The van der Waals surface area contributed by atoms with E-state index in [1.54, 1.807) is 24.7 Å². The summed E-state index contributed by atoms with van der Waals surface area (Å²) < 4.78 is 10.9. The van der Waals surface area contributed by atoms with Crippen molar-refractivity contribution in [1.29, 1.82) is 0 Å². The molecule has 1 rings (SSSR count). The standard InChI is InChI=1S/C13H17N3O2S/c1-19(18)9-3-7-16-13(17)12-5-8-15-10-11(12)4-2-6-14/h5,8,10H,3,6-7,9,14H2,1H3,(H,16,17). The lowest BCUT2D eigenvalue weighted by Crippen LogP contribution is -2.26. The van der Waals surface area contributed by atoms with Gasteiger partial charge in [0.05, 0.1) is 17.7 Å². The van der Waals surface area contributed by atoms with Crippen LogP contribution in [0.2, 0.25) is 0 Å². The molecular weight excluding hydrogens is 262 g/mol. The smallest absolute Gasteiger partial charge is 0.252 e. The van der Waals surface area contributed by atoms with Gasteiger partial charge in [0.1, 0.15) is 0 Å². The number of rotatable bonds is 5. The molecule has 0 aliphatic carbocycles. The van der Waals surface area contributed by atoms with E-state index >= 15 is 0 Å². The van der Waals surface area contributed by atoms with Gasteiger partial charge in [-0.15, -0.1) is 0 Å². The summed E-state index contributed by atoms with van der Waals surface area (Å²) in [7, 11) is -0.831. The van der Waals surface area contributed by atoms with Crippen LogP contribution in [0.3, 0.4) is 0 Å². The first-order valence-electron chi connectivity index (χ1n) is 5.86. The molecule has 5 nitrogen and oxygen atoms in total. The predicted octanol–water partition coefficient (Wildman–Crippen LogP) is -0.110. The highest BCUT2D eigenvalue weighted by molar-refractivity contribution is 7.84. The Morgan fingerprint density at radius 2 is 2.37 bits per heavy atom. The zero-order valence-corrected chi connectivity index (χ0v) is 11.6. The Morgan fingerprint density at radius 3 is 3.05 bits per heavy atom. The maximum atomic E-state index is 12.0. The van der Waals surface area contributed by atoms with Gasteiger partial charge in [-0.2, -0.15) is 0 Å². The second-order valence-corrected chi connectivity index (χ2v) is 5.37. The fraction of sp³-hybridized carbons (Fsp3) is 0.385. The summed E-state index contributed by atoms with van der Waals surface area (Å²) in [5.41, 5.74) is 6.35. The zero-order valence-electron chi connectivity index (χ0n) is 10.8. The predicted molar refractivity (Wildman–Crippen MR) is 76.1 cm³/mol. The van der Waals surface area contributed by atoms with Gasteiger partial charge < -0.3 is 11.1 Å². The fourth-order valence-corrected chi connectivity index (χ4v) is 1.96. The number of hydrogen-bond donors (Lipinski definition) is 2. The highest BCUT2D eigenvalue weighted by Crippen LogP contribution is 2.05. The molecule has 0 aliphatic heterocycles. The molecule has 102 valence electrons. The minimum Gasteiger partial charge on any atom is -0.352 e. The maximum absolute atomic E-state index is 12.0. The first kappa shape index (κ1) is 15.3. The summed E-state index contributed by atoms with van der Waals surface area (Å²) in [6, 6.07) is 1.62. The molecule has 0 radical (unpaired) electrons. The second kappa shape index (κ2) is 8.40. The summed E-state index contributed by atoms with van der Waals surface area (Å²) >= 11 is 0. The molecule has 19 heavy (non-hydrogen) atoms. The molecule has 1 aromatic heterocycles. The van der Waals surface area contributed by atoms with Gasteiger partial charge in [0.15, 0.2) is 0 Å². The van der Waals surface area contributed by atoms with Gasteiger partial charge in [-0.05, 0) is 12.5 Å². The monoisotopic (exact) mass is 279 g/mol. The van der Waals surface area contributed by atoms with E-state index in [2.05, 4.69) is 22.1 Å². The van der Waals surface area contributed by atoms with E-state index in [-0.39, 0.29) is 12.5 Å². The Labute approximate surface area is 115 Å². The van der Waals surface area contributed by atoms with Crippen LogP contribution in [0.4, 0.5) is 0 Å². The van der Waals surface area contributed by atoms with E-state index in [1.165, 1.54) is 0 Å². The van der Waals surface area contributed by atoms with Gasteiger partial charge in [0.25, 0.3) is 5.91 Å². The lowest BCUT2D eigenvalue weighted by atomic mass is 10.1. The molecular formula is C13H17N3O2S. The number of carbonyl (C=O) groups excluding carboxylic acids is 1. The minimum atomic E-state index is -0.831. The molecule has 3 N–H and O–H groups in total. The van der Waals surface area contributed by atoms with Gasteiger partial charge in [-0.1, -0.05) is 11.8 Å². The van der Waals surface area contributed by atoms with Crippen LogP contribution in [0.1, 0.15) is 22.3 Å². The molecule has 0 aliphatic rings. The summed E-state index contributed by atoms with van der Waals surface area (Å²) in [5, 5.41) is 2.77. The van der Waals surface area contributed by atoms with Crippen LogP contribution in [0, 0.1) is 11.8 Å². The van der Waals surface area contributed by atoms with Crippen LogP contribution in [0.25, 0.3) is 0 Å². The number of pyridine rings is 1. The van der Waals surface area contributed by atoms with Crippen molar-refractivity contribution in [2.45, 2.75) is 6.42 Å². The van der Waals surface area contributed by atoms with Crippen molar-refractivity contribution in [2.24, 2.45) is 5.73 Å². The number of hydrogen-bond acceptors (Lipinski definition) is 4. The Balaban J connectivity index is 2.63. The highest BCUT2D eigenvalue weighted by atomic mass is 32.2. The van der Waals surface area contributed by atoms with E-state index in [4.69, 9.17) is 5.73 Å². The highest BCUT2D eigenvalue weighted by Gasteiger charge is 2.09. The number of carbonyl (C=O) groups is 1. The van der Waals surface area contributed by atoms with Gasteiger partial charge in [-0.3, -0.25) is 14.0 Å². The molecule has 0 spiro atoms. The Bertz CT molecular complexity index is 520. The molecule has 1 atom stereocenters. The third kappa shape index (κ3) is 5.64. The number of nitrogens with zero attached hydrogens (tertiary/aromatic N) is 1. The van der Waals surface area contributed by atoms with E-state index in [0.29, 0.717) is 29.8 Å². The Hall–Kier alpha value is -1.71. The molecule has 0 saturated heterocycles. The number of aromatic nitrogens is 1. The summed E-state index contributed by atoms with van der Waals surface area (Å²) in [6.07, 6.45) is 5.41. The summed E-state index contributed by atoms with van der Waals surface area (Å²) in [5.74, 6) is 5.89. The maximum Gasteiger partial charge on any atom is 0.252 e. The van der Waals surface area contributed by atoms with E-state index < -0.39 is 10.8 Å². The Morgan fingerprint density at radius 1 is 1.58 bits per heavy atom. The molecule has 6 heteroatoms. The van der Waals surface area contributed by atoms with E-state index in [9.17, 15) is 9.00 Å². The van der Waals surface area contributed by atoms with Crippen LogP contribution in [-0.4, -0.2) is 40.2 Å². The average molecular weight is 279 g/mol. The van der Waals surface area contributed by atoms with E-state index in [0.717, 1.165) is 0 Å². The third-order valence-electron chi connectivity index (χ3n) is 2.28. The number of nitrogens with one attached hydrogen (secondary N) is 1. The molecule has 0 aromatic carbocycles. The van der Waals surface area contributed by atoms with Crippen molar-refractivity contribution < 1.29 is 9.00 Å². The average Bonchev–Trinajstić information content (AvgIpc) is 2.41. The van der Waals surface area contributed by atoms with Crippen LogP contribution in [-0.2, 0) is 10.8 Å². The second-order valence-electron chi connectivity index (χ2n) is 3.81. The number of amides is 1. The van der Waals surface area contributed by atoms with Crippen molar-refractivity contribution in [1.82, 2.24) is 10.3 Å². The largest absolute Gasteiger partial charge is 0.352 e. The minimum absolute atomic E-state index is 0.203. The zero-order chi connectivity index (χ0) is 14.1. The fourth-order valence-electron chi connectivity index (χ4n) is 1.41. The van der Waals surface area contributed by atoms with Gasteiger partial charge >= 0.3 is 0 Å². The molecule has 1 aromatic rings. The lowest BCUT2D eigenvalue weighted by molar-refractivity contribution is 0.0953. The summed E-state index contributed by atoms with van der Waals surface area (Å²) in [6.45, 7) is 0.725. The number of nitrogens with two attached hydrogens (primary N) is 1. The normalized spacial score (nSPS) is 11.3. The topological polar surface area (TPSA) is 85.1 Å².